The van der Waals surface area contributed by atoms with Crippen LogP contribution in [0.1, 0.15) is 32.6 Å². The fraction of sp³-hybridized carbons (Fsp3) is 0.500. The minimum absolute atomic E-state index is 0.0890. The SMILES string of the molecule is CC1CCCCC1OCC(=O)Nc1nc2ccc(Cl)cc2s1. The summed E-state index contributed by atoms with van der Waals surface area (Å²) < 4.78 is 6.73. The predicted octanol–water partition coefficient (Wildman–Crippen LogP) is 4.48. The van der Waals surface area contributed by atoms with Crippen molar-refractivity contribution in [1.82, 2.24) is 4.98 Å². The summed E-state index contributed by atoms with van der Waals surface area (Å²) in [7, 11) is 0. The van der Waals surface area contributed by atoms with E-state index in [1.54, 1.807) is 6.07 Å². The van der Waals surface area contributed by atoms with Gasteiger partial charge in [0.25, 0.3) is 5.91 Å². The zero-order valence-electron chi connectivity index (χ0n) is 12.5. The molecule has 6 heteroatoms. The molecule has 4 nitrogen and oxygen atoms in total. The van der Waals surface area contributed by atoms with Crippen LogP contribution in [-0.2, 0) is 9.53 Å². The highest BCUT2D eigenvalue weighted by Crippen LogP contribution is 2.29. The molecule has 1 fully saturated rings. The molecule has 2 unspecified atom stereocenters. The summed E-state index contributed by atoms with van der Waals surface area (Å²) in [6, 6.07) is 5.50. The summed E-state index contributed by atoms with van der Waals surface area (Å²) in [4.78, 5) is 16.4. The fourth-order valence-corrected chi connectivity index (χ4v) is 3.98. The Morgan fingerprint density at radius 2 is 2.27 bits per heavy atom. The Bertz CT molecular complexity index is 673. The third-order valence-corrected chi connectivity index (χ3v) is 5.23. The number of nitrogens with one attached hydrogen (secondary N) is 1. The molecule has 0 aliphatic heterocycles. The summed E-state index contributed by atoms with van der Waals surface area (Å²) in [6.07, 6.45) is 4.89. The Morgan fingerprint density at radius 3 is 3.09 bits per heavy atom. The topological polar surface area (TPSA) is 51.2 Å². The standard InChI is InChI=1S/C16H19ClN2O2S/c1-10-4-2-3-5-13(10)21-9-15(20)19-16-18-12-7-6-11(17)8-14(12)22-16/h6-8,10,13H,2-5,9H2,1H3,(H,18,19,20). The highest BCUT2D eigenvalue weighted by atomic mass is 35.5. The number of benzene rings is 1. The van der Waals surface area contributed by atoms with Crippen LogP contribution < -0.4 is 5.32 Å². The second-order valence-electron chi connectivity index (χ2n) is 5.79. The molecule has 1 aromatic carbocycles. The van der Waals surface area contributed by atoms with Gasteiger partial charge in [0.1, 0.15) is 6.61 Å². The number of hydrogen-bond donors (Lipinski definition) is 1. The van der Waals surface area contributed by atoms with Gasteiger partial charge < -0.3 is 4.74 Å². The summed E-state index contributed by atoms with van der Waals surface area (Å²) in [5, 5.41) is 4.06. The van der Waals surface area contributed by atoms with Crippen LogP contribution in [0, 0.1) is 5.92 Å². The van der Waals surface area contributed by atoms with E-state index in [2.05, 4.69) is 17.2 Å². The minimum atomic E-state index is -0.150. The Hall–Kier alpha value is -1.17. The molecule has 2 atom stereocenters. The van der Waals surface area contributed by atoms with Crippen molar-refractivity contribution in [1.29, 1.82) is 0 Å². The van der Waals surface area contributed by atoms with Crippen molar-refractivity contribution in [2.24, 2.45) is 5.92 Å². The molecule has 0 spiro atoms. The number of anilines is 1. The van der Waals surface area contributed by atoms with Crippen LogP contribution in [0.4, 0.5) is 5.13 Å². The molecular weight excluding hydrogens is 320 g/mol. The maximum Gasteiger partial charge on any atom is 0.252 e. The molecule has 1 N–H and O–H groups in total. The molecule has 1 heterocycles. The van der Waals surface area contributed by atoms with Gasteiger partial charge in [-0.25, -0.2) is 4.98 Å². The number of carbonyl (C=O) groups is 1. The van der Waals surface area contributed by atoms with E-state index < -0.39 is 0 Å². The zero-order valence-corrected chi connectivity index (χ0v) is 14.0. The molecule has 1 aliphatic rings. The van der Waals surface area contributed by atoms with Gasteiger partial charge in [0.15, 0.2) is 5.13 Å². The molecule has 1 saturated carbocycles. The predicted molar refractivity (Wildman–Crippen MR) is 90.6 cm³/mol. The number of rotatable bonds is 4. The lowest BCUT2D eigenvalue weighted by atomic mass is 9.88. The van der Waals surface area contributed by atoms with E-state index >= 15 is 0 Å². The van der Waals surface area contributed by atoms with Crippen LogP contribution in [0.25, 0.3) is 10.2 Å². The average molecular weight is 339 g/mol. The van der Waals surface area contributed by atoms with Gasteiger partial charge in [-0.2, -0.15) is 0 Å². The first-order valence-electron chi connectivity index (χ1n) is 7.59. The summed E-state index contributed by atoms with van der Waals surface area (Å²) in [5.41, 5.74) is 0.839. The van der Waals surface area contributed by atoms with E-state index in [1.165, 1.54) is 30.6 Å². The normalized spacial score (nSPS) is 21.9. The van der Waals surface area contributed by atoms with Crippen molar-refractivity contribution >= 4 is 44.2 Å². The third kappa shape index (κ3) is 3.77. The van der Waals surface area contributed by atoms with Crippen molar-refractivity contribution in [3.63, 3.8) is 0 Å². The molecule has 2 aromatic rings. The molecular formula is C16H19ClN2O2S. The first kappa shape index (κ1) is 15.7. The monoisotopic (exact) mass is 338 g/mol. The van der Waals surface area contributed by atoms with Crippen LogP contribution in [0.15, 0.2) is 18.2 Å². The lowest BCUT2D eigenvalue weighted by Crippen LogP contribution is -2.29. The van der Waals surface area contributed by atoms with Crippen molar-refractivity contribution in [3.8, 4) is 0 Å². The van der Waals surface area contributed by atoms with Crippen LogP contribution in [-0.4, -0.2) is 23.6 Å². The molecule has 0 saturated heterocycles. The molecule has 3 rings (SSSR count). The minimum Gasteiger partial charge on any atom is -0.368 e. The number of nitrogens with zero attached hydrogens (tertiary/aromatic N) is 1. The van der Waals surface area contributed by atoms with Gasteiger partial charge in [-0.15, -0.1) is 0 Å². The van der Waals surface area contributed by atoms with E-state index in [-0.39, 0.29) is 18.6 Å². The number of fused-ring (bicyclic) bond motifs is 1. The summed E-state index contributed by atoms with van der Waals surface area (Å²) in [6.45, 7) is 2.28. The van der Waals surface area contributed by atoms with E-state index in [0.717, 1.165) is 16.6 Å². The quantitative estimate of drug-likeness (QED) is 0.894. The van der Waals surface area contributed by atoms with Crippen LogP contribution in [0.5, 0.6) is 0 Å². The number of carbonyl (C=O) groups excluding carboxylic acids is 1. The largest absolute Gasteiger partial charge is 0.368 e. The third-order valence-electron chi connectivity index (χ3n) is 4.06. The van der Waals surface area contributed by atoms with Crippen LogP contribution >= 0.6 is 22.9 Å². The molecule has 1 aromatic heterocycles. The number of ether oxygens (including phenoxy) is 1. The maximum atomic E-state index is 12.0. The van der Waals surface area contributed by atoms with Gasteiger partial charge in [-0.05, 0) is 37.0 Å². The van der Waals surface area contributed by atoms with E-state index in [4.69, 9.17) is 16.3 Å². The van der Waals surface area contributed by atoms with Gasteiger partial charge in [-0.1, -0.05) is 42.7 Å². The number of aromatic nitrogens is 1. The Balaban J connectivity index is 1.56. The van der Waals surface area contributed by atoms with Gasteiger partial charge in [-0.3, -0.25) is 10.1 Å². The molecule has 0 radical (unpaired) electrons. The molecule has 0 bridgehead atoms. The van der Waals surface area contributed by atoms with Gasteiger partial charge in [0.2, 0.25) is 0 Å². The van der Waals surface area contributed by atoms with Crippen molar-refractivity contribution in [2.75, 3.05) is 11.9 Å². The van der Waals surface area contributed by atoms with Crippen LogP contribution in [0.2, 0.25) is 5.02 Å². The number of thiazole rings is 1. The summed E-state index contributed by atoms with van der Waals surface area (Å²) in [5.74, 6) is 0.383. The number of hydrogen-bond acceptors (Lipinski definition) is 4. The lowest BCUT2D eigenvalue weighted by Gasteiger charge is -2.28. The first-order chi connectivity index (χ1) is 10.6. The van der Waals surface area contributed by atoms with Gasteiger partial charge in [0.05, 0.1) is 16.3 Å². The van der Waals surface area contributed by atoms with Gasteiger partial charge in [0, 0.05) is 5.02 Å². The van der Waals surface area contributed by atoms with Crippen molar-refractivity contribution in [3.05, 3.63) is 23.2 Å². The fourth-order valence-electron chi connectivity index (χ4n) is 2.82. The second kappa shape index (κ2) is 6.94. The molecule has 22 heavy (non-hydrogen) atoms. The van der Waals surface area contributed by atoms with Crippen molar-refractivity contribution in [2.45, 2.75) is 38.7 Å². The maximum absolute atomic E-state index is 12.0. The van der Waals surface area contributed by atoms with E-state index in [0.29, 0.717) is 16.1 Å². The van der Waals surface area contributed by atoms with Crippen molar-refractivity contribution < 1.29 is 9.53 Å². The van der Waals surface area contributed by atoms with E-state index in [1.807, 2.05) is 12.1 Å². The number of amides is 1. The number of halogens is 1. The lowest BCUT2D eigenvalue weighted by molar-refractivity contribution is -0.124. The zero-order chi connectivity index (χ0) is 15.5. The molecule has 1 amide bonds. The summed E-state index contributed by atoms with van der Waals surface area (Å²) >= 11 is 7.37. The molecule has 1 aliphatic carbocycles. The highest BCUT2D eigenvalue weighted by molar-refractivity contribution is 7.22. The van der Waals surface area contributed by atoms with E-state index in [9.17, 15) is 4.79 Å². The Kier molecular flexibility index (Phi) is 4.96. The average Bonchev–Trinajstić information content (AvgIpc) is 2.87. The highest BCUT2D eigenvalue weighted by Gasteiger charge is 2.22. The van der Waals surface area contributed by atoms with Crippen LogP contribution in [0.3, 0.4) is 0 Å². The first-order valence-corrected chi connectivity index (χ1v) is 8.79. The smallest absolute Gasteiger partial charge is 0.252 e. The Morgan fingerprint density at radius 1 is 1.45 bits per heavy atom. The second-order valence-corrected chi connectivity index (χ2v) is 7.26. The molecule has 118 valence electrons. The van der Waals surface area contributed by atoms with Gasteiger partial charge >= 0.3 is 0 Å². The Labute approximate surface area is 138 Å².